The van der Waals surface area contributed by atoms with Crippen LogP contribution in [0.3, 0.4) is 0 Å². The third kappa shape index (κ3) is 4.05. The van der Waals surface area contributed by atoms with Gasteiger partial charge in [0.1, 0.15) is 0 Å². The van der Waals surface area contributed by atoms with Crippen molar-refractivity contribution in [1.29, 1.82) is 0 Å². The predicted octanol–water partition coefficient (Wildman–Crippen LogP) is 1.30. The van der Waals surface area contributed by atoms with Crippen molar-refractivity contribution < 1.29 is 0 Å². The van der Waals surface area contributed by atoms with Crippen molar-refractivity contribution in [2.24, 2.45) is 10.7 Å². The standard InChI is InChI=1S/C19H22N8/c20-18(25-11-13-26(14-12-25)19-21-7-1-8-22-19)23-15-16-3-5-17(6-4-16)27-10-2-9-24-27/h1-10H,11-15H2,(H2,20,23). The number of nitrogens with two attached hydrogens (primary N) is 1. The maximum absolute atomic E-state index is 6.20. The minimum Gasteiger partial charge on any atom is -0.370 e. The highest BCUT2D eigenvalue weighted by molar-refractivity contribution is 5.78. The van der Waals surface area contributed by atoms with E-state index in [1.165, 1.54) is 0 Å². The molecule has 0 saturated carbocycles. The summed E-state index contributed by atoms with van der Waals surface area (Å²) in [7, 11) is 0. The molecule has 1 aliphatic rings. The molecule has 8 heteroatoms. The van der Waals surface area contributed by atoms with E-state index in [1.807, 2.05) is 35.1 Å². The molecule has 4 rings (SSSR count). The Morgan fingerprint density at radius 3 is 2.37 bits per heavy atom. The zero-order chi connectivity index (χ0) is 18.5. The summed E-state index contributed by atoms with van der Waals surface area (Å²) in [6.07, 6.45) is 7.22. The molecule has 1 fully saturated rings. The van der Waals surface area contributed by atoms with E-state index in [0.29, 0.717) is 12.5 Å². The highest BCUT2D eigenvalue weighted by atomic mass is 15.4. The smallest absolute Gasteiger partial charge is 0.225 e. The molecule has 3 aromatic rings. The summed E-state index contributed by atoms with van der Waals surface area (Å²) in [5, 5.41) is 4.23. The summed E-state index contributed by atoms with van der Waals surface area (Å²) in [5.41, 5.74) is 8.34. The van der Waals surface area contributed by atoms with Crippen molar-refractivity contribution in [3.05, 3.63) is 66.7 Å². The van der Waals surface area contributed by atoms with Gasteiger partial charge in [0.15, 0.2) is 5.96 Å². The number of hydrogen-bond donors (Lipinski definition) is 1. The number of rotatable bonds is 4. The number of aliphatic imine (C=N–C) groups is 1. The van der Waals surface area contributed by atoms with E-state index in [-0.39, 0.29) is 0 Å². The molecule has 27 heavy (non-hydrogen) atoms. The molecule has 0 amide bonds. The SMILES string of the molecule is NC(=NCc1ccc(-n2cccn2)cc1)N1CCN(c2ncccn2)CC1. The van der Waals surface area contributed by atoms with Gasteiger partial charge in [0, 0.05) is 51.0 Å². The molecule has 2 aromatic heterocycles. The van der Waals surface area contributed by atoms with Gasteiger partial charge in [-0.3, -0.25) is 0 Å². The van der Waals surface area contributed by atoms with Crippen molar-refractivity contribution in [3.63, 3.8) is 0 Å². The van der Waals surface area contributed by atoms with Gasteiger partial charge in [0.05, 0.1) is 12.2 Å². The van der Waals surface area contributed by atoms with Crippen LogP contribution >= 0.6 is 0 Å². The molecular weight excluding hydrogens is 340 g/mol. The Hall–Kier alpha value is -3.42. The highest BCUT2D eigenvalue weighted by Gasteiger charge is 2.19. The number of hydrogen-bond acceptors (Lipinski definition) is 5. The first-order chi connectivity index (χ1) is 13.3. The van der Waals surface area contributed by atoms with Crippen LogP contribution in [-0.2, 0) is 6.54 Å². The lowest BCUT2D eigenvalue weighted by atomic mass is 10.2. The van der Waals surface area contributed by atoms with E-state index in [1.54, 1.807) is 18.6 Å². The lowest BCUT2D eigenvalue weighted by molar-refractivity contribution is 0.378. The molecule has 2 N–H and O–H groups in total. The van der Waals surface area contributed by atoms with Gasteiger partial charge in [-0.1, -0.05) is 12.1 Å². The summed E-state index contributed by atoms with van der Waals surface area (Å²) in [6, 6.07) is 11.9. The summed E-state index contributed by atoms with van der Waals surface area (Å²) in [6.45, 7) is 3.85. The van der Waals surface area contributed by atoms with E-state index in [0.717, 1.165) is 43.4 Å². The largest absolute Gasteiger partial charge is 0.370 e. The van der Waals surface area contributed by atoms with Crippen LogP contribution in [0, 0.1) is 0 Å². The van der Waals surface area contributed by atoms with Crippen LogP contribution in [0.5, 0.6) is 0 Å². The topological polar surface area (TPSA) is 88.5 Å². The van der Waals surface area contributed by atoms with E-state index in [9.17, 15) is 0 Å². The summed E-state index contributed by atoms with van der Waals surface area (Å²) in [5.74, 6) is 1.35. The lowest BCUT2D eigenvalue weighted by Crippen LogP contribution is -2.51. The van der Waals surface area contributed by atoms with Gasteiger partial charge in [-0.05, 0) is 29.8 Å². The molecule has 0 radical (unpaired) electrons. The third-order valence-electron chi connectivity index (χ3n) is 4.57. The fourth-order valence-corrected chi connectivity index (χ4v) is 3.04. The van der Waals surface area contributed by atoms with Crippen molar-refractivity contribution >= 4 is 11.9 Å². The second-order valence-electron chi connectivity index (χ2n) is 6.31. The Kier molecular flexibility index (Phi) is 4.95. The van der Waals surface area contributed by atoms with Crippen LogP contribution in [0.1, 0.15) is 5.56 Å². The van der Waals surface area contributed by atoms with Gasteiger partial charge in [-0.2, -0.15) is 5.10 Å². The zero-order valence-electron chi connectivity index (χ0n) is 15.0. The molecule has 0 atom stereocenters. The Bertz CT molecular complexity index is 866. The van der Waals surface area contributed by atoms with Crippen molar-refractivity contribution in [2.75, 3.05) is 31.1 Å². The molecule has 8 nitrogen and oxygen atoms in total. The Balaban J connectivity index is 1.32. The van der Waals surface area contributed by atoms with Crippen molar-refractivity contribution in [2.45, 2.75) is 6.54 Å². The monoisotopic (exact) mass is 362 g/mol. The molecule has 0 aliphatic carbocycles. The predicted molar refractivity (Wildman–Crippen MR) is 105 cm³/mol. The first-order valence-corrected chi connectivity index (χ1v) is 8.95. The first kappa shape index (κ1) is 17.0. The van der Waals surface area contributed by atoms with Gasteiger partial charge < -0.3 is 15.5 Å². The molecule has 138 valence electrons. The van der Waals surface area contributed by atoms with Gasteiger partial charge in [0.25, 0.3) is 0 Å². The first-order valence-electron chi connectivity index (χ1n) is 8.95. The molecule has 0 bridgehead atoms. The van der Waals surface area contributed by atoms with Crippen LogP contribution in [0.2, 0.25) is 0 Å². The molecular formula is C19H22N8. The number of guanidine groups is 1. The number of anilines is 1. The summed E-state index contributed by atoms with van der Waals surface area (Å²) < 4.78 is 1.83. The lowest BCUT2D eigenvalue weighted by Gasteiger charge is -2.35. The quantitative estimate of drug-likeness (QED) is 0.556. The van der Waals surface area contributed by atoms with Crippen molar-refractivity contribution in [3.8, 4) is 5.69 Å². The minimum absolute atomic E-state index is 0.563. The highest BCUT2D eigenvalue weighted by Crippen LogP contribution is 2.11. The maximum atomic E-state index is 6.20. The molecule has 1 aromatic carbocycles. The van der Waals surface area contributed by atoms with Crippen LogP contribution in [0.15, 0.2) is 66.2 Å². The Labute approximate surface area is 158 Å². The van der Waals surface area contributed by atoms with Gasteiger partial charge in [-0.15, -0.1) is 0 Å². The van der Waals surface area contributed by atoms with Crippen molar-refractivity contribution in [1.82, 2.24) is 24.6 Å². The van der Waals surface area contributed by atoms with E-state index < -0.39 is 0 Å². The fraction of sp³-hybridized carbons (Fsp3) is 0.263. The number of nitrogens with zero attached hydrogens (tertiary/aromatic N) is 7. The van der Waals surface area contributed by atoms with E-state index >= 15 is 0 Å². The van der Waals surface area contributed by atoms with Crippen LogP contribution in [0.4, 0.5) is 5.95 Å². The van der Waals surface area contributed by atoms with Crippen LogP contribution in [0.25, 0.3) is 5.69 Å². The molecule has 0 unspecified atom stereocenters. The Morgan fingerprint density at radius 2 is 1.70 bits per heavy atom. The average Bonchev–Trinajstić information content (AvgIpc) is 3.28. The van der Waals surface area contributed by atoms with Crippen LogP contribution in [-0.4, -0.2) is 56.8 Å². The third-order valence-corrected chi connectivity index (χ3v) is 4.57. The molecule has 1 aliphatic heterocycles. The number of benzene rings is 1. The Morgan fingerprint density at radius 1 is 0.963 bits per heavy atom. The van der Waals surface area contributed by atoms with Gasteiger partial charge in [-0.25, -0.2) is 19.6 Å². The maximum Gasteiger partial charge on any atom is 0.225 e. The minimum atomic E-state index is 0.563. The number of piperazine rings is 1. The average molecular weight is 362 g/mol. The van der Waals surface area contributed by atoms with Crippen LogP contribution < -0.4 is 10.6 Å². The molecule has 0 spiro atoms. The molecule has 3 heterocycles. The molecule has 1 saturated heterocycles. The fourth-order valence-electron chi connectivity index (χ4n) is 3.04. The summed E-state index contributed by atoms with van der Waals surface area (Å²) in [4.78, 5) is 17.4. The number of aromatic nitrogens is 4. The van der Waals surface area contributed by atoms with Gasteiger partial charge in [0.2, 0.25) is 5.95 Å². The zero-order valence-corrected chi connectivity index (χ0v) is 15.0. The van der Waals surface area contributed by atoms with E-state index in [4.69, 9.17) is 5.73 Å². The summed E-state index contributed by atoms with van der Waals surface area (Å²) >= 11 is 0. The second-order valence-corrected chi connectivity index (χ2v) is 6.31. The second kappa shape index (κ2) is 7.86. The van der Waals surface area contributed by atoms with E-state index in [2.05, 4.69) is 42.0 Å². The normalized spacial score (nSPS) is 15.2. The van der Waals surface area contributed by atoms with Gasteiger partial charge >= 0.3 is 0 Å².